The summed E-state index contributed by atoms with van der Waals surface area (Å²) in [7, 11) is 0. The first-order valence-corrected chi connectivity index (χ1v) is 3.50. The molecule has 1 aromatic carbocycles. The maximum atomic E-state index is 13.0. The first-order chi connectivity index (χ1) is 5.74. The molecular weight excluding hydrogens is 157 g/mol. The molecule has 0 spiro atoms. The van der Waals surface area contributed by atoms with Crippen LogP contribution in [0.5, 0.6) is 5.75 Å². The van der Waals surface area contributed by atoms with Crippen molar-refractivity contribution in [1.29, 1.82) is 0 Å². The normalized spacial score (nSPS) is 12.0. The molecule has 0 heterocycles. The summed E-state index contributed by atoms with van der Waals surface area (Å²) >= 11 is 0. The molecule has 0 saturated carbocycles. The van der Waals surface area contributed by atoms with E-state index in [1.54, 1.807) is 0 Å². The summed E-state index contributed by atoms with van der Waals surface area (Å²) in [6.45, 7) is 6.30. The third kappa shape index (κ3) is 1.96. The topological polar surface area (TPSA) is 24.6 Å². The largest absolute Gasteiger partial charge is 0.508 e. The van der Waals surface area contributed by atoms with Crippen molar-refractivity contribution in [3.05, 3.63) is 41.2 Å². The van der Waals surface area contributed by atoms with Crippen molar-refractivity contribution in [2.45, 2.75) is 6.17 Å². The van der Waals surface area contributed by atoms with Crippen molar-refractivity contribution in [3.8, 4) is 5.75 Å². The van der Waals surface area contributed by atoms with Crippen molar-refractivity contribution >= 4 is 0 Å². The Morgan fingerprint density at radius 2 is 2.00 bits per heavy atom. The fourth-order valence-electron chi connectivity index (χ4n) is 0.869. The number of phenolic OH excluding ortho intramolecular Hbond substituents is 1. The highest BCUT2D eigenvalue weighted by Crippen LogP contribution is 2.19. The second kappa shape index (κ2) is 3.72. The van der Waals surface area contributed by atoms with Crippen LogP contribution >= 0.6 is 0 Å². The monoisotopic (exact) mass is 165 g/mol. The van der Waals surface area contributed by atoms with Crippen LogP contribution in [0, 0.1) is 6.57 Å². The second-order valence-corrected chi connectivity index (χ2v) is 2.40. The van der Waals surface area contributed by atoms with Gasteiger partial charge < -0.3 is 9.95 Å². The third-order valence-corrected chi connectivity index (χ3v) is 1.51. The van der Waals surface area contributed by atoms with Gasteiger partial charge in [-0.2, -0.15) is 0 Å². The van der Waals surface area contributed by atoms with Gasteiger partial charge in [0.05, 0.1) is 0 Å². The van der Waals surface area contributed by atoms with E-state index in [4.69, 9.17) is 11.7 Å². The van der Waals surface area contributed by atoms with Gasteiger partial charge in [0, 0.05) is 0 Å². The summed E-state index contributed by atoms with van der Waals surface area (Å²) < 4.78 is 13.0. The molecule has 12 heavy (non-hydrogen) atoms. The summed E-state index contributed by atoms with van der Waals surface area (Å²) in [5, 5.41) is 8.89. The van der Waals surface area contributed by atoms with Crippen LogP contribution in [0.25, 0.3) is 4.85 Å². The standard InChI is InChI=1S/C9H8FNO/c1-11-6-9(10)7-2-4-8(12)5-3-7/h2-5,9,12H,6H2. The van der Waals surface area contributed by atoms with E-state index in [0.717, 1.165) is 0 Å². The van der Waals surface area contributed by atoms with Crippen LogP contribution in [0.15, 0.2) is 24.3 Å². The Bertz CT molecular complexity index is 288. The number of halogens is 1. The number of hydrogen-bond acceptors (Lipinski definition) is 1. The van der Waals surface area contributed by atoms with Crippen LogP contribution in [0.2, 0.25) is 0 Å². The molecule has 0 aromatic heterocycles. The molecule has 2 nitrogen and oxygen atoms in total. The molecule has 1 rings (SSSR count). The Balaban J connectivity index is 2.76. The number of phenols is 1. The van der Waals surface area contributed by atoms with Crippen molar-refractivity contribution < 1.29 is 9.50 Å². The van der Waals surface area contributed by atoms with Gasteiger partial charge in [0.25, 0.3) is 0 Å². The van der Waals surface area contributed by atoms with Gasteiger partial charge in [-0.3, -0.25) is 0 Å². The summed E-state index contributed by atoms with van der Waals surface area (Å²) in [5.41, 5.74) is 0.434. The SMILES string of the molecule is [C-]#[N+]CC(F)c1ccc(O)cc1. The molecule has 0 aliphatic rings. The van der Waals surface area contributed by atoms with Crippen LogP contribution in [0.1, 0.15) is 11.7 Å². The Labute approximate surface area is 70.1 Å². The smallest absolute Gasteiger partial charge is 0.249 e. The molecule has 1 aromatic rings. The van der Waals surface area contributed by atoms with E-state index in [2.05, 4.69) is 4.85 Å². The van der Waals surface area contributed by atoms with Crippen LogP contribution in [-0.4, -0.2) is 11.7 Å². The number of alkyl halides is 1. The Morgan fingerprint density at radius 1 is 1.42 bits per heavy atom. The maximum absolute atomic E-state index is 13.0. The number of nitrogens with zero attached hydrogens (tertiary/aromatic N) is 1. The number of rotatable bonds is 2. The molecule has 3 heteroatoms. The molecule has 0 amide bonds. The lowest BCUT2D eigenvalue weighted by Crippen LogP contribution is -1.93. The van der Waals surface area contributed by atoms with Gasteiger partial charge in [-0.15, -0.1) is 0 Å². The third-order valence-electron chi connectivity index (χ3n) is 1.51. The van der Waals surface area contributed by atoms with Crippen LogP contribution in [-0.2, 0) is 0 Å². The molecule has 1 unspecified atom stereocenters. The number of hydrogen-bond donors (Lipinski definition) is 1. The van der Waals surface area contributed by atoms with E-state index in [9.17, 15) is 4.39 Å². The van der Waals surface area contributed by atoms with Gasteiger partial charge in [0.15, 0.2) is 6.17 Å². The summed E-state index contributed by atoms with van der Waals surface area (Å²) in [6.07, 6.45) is -1.25. The minimum atomic E-state index is -1.25. The Kier molecular flexibility index (Phi) is 2.65. The van der Waals surface area contributed by atoms with E-state index < -0.39 is 6.17 Å². The van der Waals surface area contributed by atoms with E-state index in [0.29, 0.717) is 5.56 Å². The summed E-state index contributed by atoms with van der Waals surface area (Å²) in [6, 6.07) is 5.77. The average molecular weight is 165 g/mol. The number of aromatic hydroxyl groups is 1. The molecule has 1 N–H and O–H groups in total. The quantitative estimate of drug-likeness (QED) is 0.668. The van der Waals surface area contributed by atoms with E-state index in [1.807, 2.05) is 0 Å². The lowest BCUT2D eigenvalue weighted by Gasteiger charge is -2.00. The maximum Gasteiger partial charge on any atom is 0.249 e. The lowest BCUT2D eigenvalue weighted by molar-refractivity contribution is 0.366. The fourth-order valence-corrected chi connectivity index (χ4v) is 0.869. The molecule has 0 fully saturated rings. The molecule has 62 valence electrons. The van der Waals surface area contributed by atoms with E-state index in [1.165, 1.54) is 24.3 Å². The first-order valence-electron chi connectivity index (χ1n) is 3.50. The zero-order valence-corrected chi connectivity index (χ0v) is 6.37. The lowest BCUT2D eigenvalue weighted by atomic mass is 10.1. The highest BCUT2D eigenvalue weighted by molar-refractivity contribution is 5.27. The first kappa shape index (κ1) is 8.54. The summed E-state index contributed by atoms with van der Waals surface area (Å²) in [4.78, 5) is 2.95. The molecule has 0 aliphatic heterocycles. The number of benzene rings is 1. The molecule has 0 saturated heterocycles. The molecule has 0 aliphatic carbocycles. The van der Waals surface area contributed by atoms with Crippen molar-refractivity contribution in [2.75, 3.05) is 6.54 Å². The van der Waals surface area contributed by atoms with Crippen molar-refractivity contribution in [2.24, 2.45) is 0 Å². The van der Waals surface area contributed by atoms with Gasteiger partial charge in [-0.25, -0.2) is 11.0 Å². The van der Waals surface area contributed by atoms with Gasteiger partial charge in [0.2, 0.25) is 6.54 Å². The Morgan fingerprint density at radius 3 is 2.50 bits per heavy atom. The van der Waals surface area contributed by atoms with Gasteiger partial charge in [0.1, 0.15) is 5.75 Å². The molecule has 1 atom stereocenters. The van der Waals surface area contributed by atoms with E-state index in [-0.39, 0.29) is 12.3 Å². The van der Waals surface area contributed by atoms with Crippen LogP contribution in [0.4, 0.5) is 4.39 Å². The minimum Gasteiger partial charge on any atom is -0.508 e. The van der Waals surface area contributed by atoms with Crippen LogP contribution in [0.3, 0.4) is 0 Å². The van der Waals surface area contributed by atoms with E-state index >= 15 is 0 Å². The Hall–Kier alpha value is -1.56. The second-order valence-electron chi connectivity index (χ2n) is 2.40. The zero-order valence-electron chi connectivity index (χ0n) is 6.37. The van der Waals surface area contributed by atoms with Crippen molar-refractivity contribution in [3.63, 3.8) is 0 Å². The predicted octanol–water partition coefficient (Wildman–Crippen LogP) is 2.32. The predicted molar refractivity (Wildman–Crippen MR) is 43.4 cm³/mol. The van der Waals surface area contributed by atoms with Gasteiger partial charge in [-0.05, 0) is 17.7 Å². The summed E-state index contributed by atoms with van der Waals surface area (Å²) in [5.74, 6) is 0.105. The average Bonchev–Trinajstić information content (AvgIpc) is 2.06. The molecule has 0 radical (unpaired) electrons. The zero-order chi connectivity index (χ0) is 8.97. The highest BCUT2D eigenvalue weighted by Gasteiger charge is 2.11. The molecular formula is C9H8FNO. The van der Waals surface area contributed by atoms with Crippen LogP contribution < -0.4 is 0 Å². The van der Waals surface area contributed by atoms with Gasteiger partial charge in [-0.1, -0.05) is 12.1 Å². The van der Waals surface area contributed by atoms with Crippen molar-refractivity contribution in [1.82, 2.24) is 0 Å². The molecule has 0 bridgehead atoms. The highest BCUT2D eigenvalue weighted by atomic mass is 19.1. The fraction of sp³-hybridized carbons (Fsp3) is 0.222. The minimum absolute atomic E-state index is 0.105. The van der Waals surface area contributed by atoms with Gasteiger partial charge >= 0.3 is 0 Å².